The second-order valence-corrected chi connectivity index (χ2v) is 6.02. The first-order valence-corrected chi connectivity index (χ1v) is 8.61. The molecule has 0 unspecified atom stereocenters. The van der Waals surface area contributed by atoms with Crippen molar-refractivity contribution in [3.8, 4) is 11.3 Å². The lowest BCUT2D eigenvalue weighted by Crippen LogP contribution is -1.96. The van der Waals surface area contributed by atoms with Crippen molar-refractivity contribution < 1.29 is 9.90 Å². The molecular formula is C23H21NO2. The van der Waals surface area contributed by atoms with Crippen LogP contribution in [0.3, 0.4) is 0 Å². The van der Waals surface area contributed by atoms with Crippen molar-refractivity contribution in [3.63, 3.8) is 0 Å². The van der Waals surface area contributed by atoms with E-state index in [1.165, 1.54) is 22.2 Å². The Kier molecular flexibility index (Phi) is 5.84. The zero-order chi connectivity index (χ0) is 18.2. The van der Waals surface area contributed by atoms with Crippen molar-refractivity contribution in [2.45, 2.75) is 12.8 Å². The van der Waals surface area contributed by atoms with E-state index in [-0.39, 0.29) is 6.42 Å². The van der Waals surface area contributed by atoms with Crippen LogP contribution in [-0.2, 0) is 11.2 Å². The minimum atomic E-state index is -0.742. The van der Waals surface area contributed by atoms with Crippen LogP contribution in [0.5, 0.6) is 0 Å². The number of carbonyl (C=O) groups is 1. The summed E-state index contributed by atoms with van der Waals surface area (Å²) in [5, 5.41) is 9.64. The molecule has 0 bridgehead atoms. The van der Waals surface area contributed by atoms with Gasteiger partial charge in [0.1, 0.15) is 0 Å². The molecule has 1 aromatic heterocycles. The van der Waals surface area contributed by atoms with Crippen molar-refractivity contribution in [2.75, 3.05) is 0 Å². The molecule has 0 saturated heterocycles. The average molecular weight is 343 g/mol. The average Bonchev–Trinajstić information content (AvgIpc) is 3.13. The number of rotatable bonds is 4. The molecule has 4 aromatic rings. The molecule has 0 aliphatic rings. The van der Waals surface area contributed by atoms with Crippen LogP contribution in [0.15, 0.2) is 91.0 Å². The Morgan fingerprint density at radius 2 is 1.42 bits per heavy atom. The van der Waals surface area contributed by atoms with Crippen LogP contribution in [0.2, 0.25) is 0 Å². The summed E-state index contributed by atoms with van der Waals surface area (Å²) >= 11 is 0. The van der Waals surface area contributed by atoms with Gasteiger partial charge in [0.15, 0.2) is 0 Å². The normalized spacial score (nSPS) is 10.2. The number of H-pyrrole nitrogens is 1. The van der Waals surface area contributed by atoms with Gasteiger partial charge < -0.3 is 10.1 Å². The smallest absolute Gasteiger partial charge is 0.303 e. The van der Waals surface area contributed by atoms with Gasteiger partial charge in [0.25, 0.3) is 0 Å². The van der Waals surface area contributed by atoms with E-state index >= 15 is 0 Å². The van der Waals surface area contributed by atoms with Gasteiger partial charge in [-0.1, -0.05) is 78.9 Å². The minimum Gasteiger partial charge on any atom is -0.481 e. The zero-order valence-electron chi connectivity index (χ0n) is 14.4. The predicted molar refractivity (Wildman–Crippen MR) is 106 cm³/mol. The first kappa shape index (κ1) is 17.5. The number of aliphatic carboxylic acids is 1. The molecule has 0 aliphatic heterocycles. The third kappa shape index (κ3) is 4.84. The number of hydrogen-bond donors (Lipinski definition) is 2. The van der Waals surface area contributed by atoms with Crippen LogP contribution >= 0.6 is 0 Å². The predicted octanol–water partition coefficient (Wildman–Crippen LogP) is 5.54. The fraction of sp³-hybridized carbons (Fsp3) is 0.0870. The van der Waals surface area contributed by atoms with Gasteiger partial charge >= 0.3 is 5.97 Å². The third-order valence-corrected chi connectivity index (χ3v) is 4.09. The molecule has 3 heteroatoms. The van der Waals surface area contributed by atoms with E-state index in [0.29, 0.717) is 6.42 Å². The molecule has 130 valence electrons. The zero-order valence-corrected chi connectivity index (χ0v) is 14.4. The third-order valence-electron chi connectivity index (χ3n) is 4.09. The molecule has 4 rings (SSSR count). The fourth-order valence-electron chi connectivity index (χ4n) is 2.74. The monoisotopic (exact) mass is 343 g/mol. The molecule has 0 atom stereocenters. The highest BCUT2D eigenvalue weighted by molar-refractivity contribution is 5.85. The summed E-state index contributed by atoms with van der Waals surface area (Å²) in [6, 6.07) is 30.5. The van der Waals surface area contributed by atoms with Crippen molar-refractivity contribution >= 4 is 16.9 Å². The topological polar surface area (TPSA) is 53.1 Å². The largest absolute Gasteiger partial charge is 0.481 e. The number of benzene rings is 3. The quantitative estimate of drug-likeness (QED) is 0.511. The highest BCUT2D eigenvalue weighted by Crippen LogP contribution is 2.23. The van der Waals surface area contributed by atoms with E-state index in [1.807, 2.05) is 42.5 Å². The van der Waals surface area contributed by atoms with Crippen LogP contribution in [0, 0.1) is 0 Å². The number of carboxylic acid groups (broad SMARTS) is 1. The van der Waals surface area contributed by atoms with Gasteiger partial charge in [-0.2, -0.15) is 0 Å². The van der Waals surface area contributed by atoms with E-state index in [1.54, 1.807) is 0 Å². The molecule has 0 aliphatic carbocycles. The van der Waals surface area contributed by atoms with Gasteiger partial charge in [0, 0.05) is 23.0 Å². The molecule has 0 fully saturated rings. The van der Waals surface area contributed by atoms with Crippen LogP contribution in [0.4, 0.5) is 0 Å². The maximum Gasteiger partial charge on any atom is 0.303 e. The van der Waals surface area contributed by atoms with E-state index in [2.05, 4.69) is 53.5 Å². The highest BCUT2D eigenvalue weighted by Gasteiger charge is 2.01. The second kappa shape index (κ2) is 8.67. The first-order chi connectivity index (χ1) is 12.7. The Labute approximate surface area is 152 Å². The molecular weight excluding hydrogens is 322 g/mol. The van der Waals surface area contributed by atoms with Gasteiger partial charge in [-0.05, 0) is 29.7 Å². The van der Waals surface area contributed by atoms with Gasteiger partial charge in [0.05, 0.1) is 0 Å². The summed E-state index contributed by atoms with van der Waals surface area (Å²) in [7, 11) is 0. The SMILES string of the molecule is O=C(O)CCc1ccccc1.c1ccc(-c2cc3ccccc3[nH]2)cc1. The molecule has 0 saturated carbocycles. The Balaban J connectivity index is 0.000000160. The number of aromatic amines is 1. The lowest BCUT2D eigenvalue weighted by Gasteiger charge is -1.95. The van der Waals surface area contributed by atoms with Gasteiger partial charge in [-0.3, -0.25) is 4.79 Å². The van der Waals surface area contributed by atoms with E-state index < -0.39 is 5.97 Å². The van der Waals surface area contributed by atoms with Gasteiger partial charge in [0.2, 0.25) is 0 Å². The minimum absolute atomic E-state index is 0.212. The lowest BCUT2D eigenvalue weighted by molar-refractivity contribution is -0.136. The maximum atomic E-state index is 10.2. The Hall–Kier alpha value is -3.33. The Morgan fingerprint density at radius 3 is 2.08 bits per heavy atom. The summed E-state index contributed by atoms with van der Waals surface area (Å²) in [6.07, 6.45) is 0.834. The molecule has 26 heavy (non-hydrogen) atoms. The van der Waals surface area contributed by atoms with Gasteiger partial charge in [-0.15, -0.1) is 0 Å². The summed E-state index contributed by atoms with van der Waals surface area (Å²) in [4.78, 5) is 13.6. The first-order valence-electron chi connectivity index (χ1n) is 8.61. The van der Waals surface area contributed by atoms with Crippen molar-refractivity contribution in [1.29, 1.82) is 0 Å². The Bertz CT molecular complexity index is 926. The van der Waals surface area contributed by atoms with E-state index in [0.717, 1.165) is 5.56 Å². The summed E-state index contributed by atoms with van der Waals surface area (Å²) < 4.78 is 0. The fourth-order valence-corrected chi connectivity index (χ4v) is 2.74. The highest BCUT2D eigenvalue weighted by atomic mass is 16.4. The van der Waals surface area contributed by atoms with Crippen LogP contribution < -0.4 is 0 Å². The standard InChI is InChI=1S/C14H11N.C9H10O2/c1-2-6-11(7-3-1)14-10-12-8-4-5-9-13(12)15-14;10-9(11)7-6-8-4-2-1-3-5-8/h1-10,15H;1-5H,6-7H2,(H,10,11). The summed E-state index contributed by atoms with van der Waals surface area (Å²) in [5.74, 6) is -0.742. The molecule has 0 spiro atoms. The molecule has 0 radical (unpaired) electrons. The van der Waals surface area contributed by atoms with E-state index in [9.17, 15) is 4.79 Å². The molecule has 3 aromatic carbocycles. The molecule has 3 nitrogen and oxygen atoms in total. The second-order valence-electron chi connectivity index (χ2n) is 6.02. The van der Waals surface area contributed by atoms with Crippen LogP contribution in [0.25, 0.3) is 22.2 Å². The summed E-state index contributed by atoms with van der Waals surface area (Å²) in [6.45, 7) is 0. The number of aryl methyl sites for hydroxylation is 1. The number of fused-ring (bicyclic) bond motifs is 1. The van der Waals surface area contributed by atoms with Crippen molar-refractivity contribution in [2.24, 2.45) is 0 Å². The van der Waals surface area contributed by atoms with Crippen LogP contribution in [0.1, 0.15) is 12.0 Å². The van der Waals surface area contributed by atoms with E-state index in [4.69, 9.17) is 5.11 Å². The van der Waals surface area contributed by atoms with Crippen molar-refractivity contribution in [1.82, 2.24) is 4.98 Å². The summed E-state index contributed by atoms with van der Waals surface area (Å²) in [5.41, 5.74) is 4.68. The van der Waals surface area contributed by atoms with Crippen LogP contribution in [-0.4, -0.2) is 16.1 Å². The maximum absolute atomic E-state index is 10.2. The number of para-hydroxylation sites is 1. The Morgan fingerprint density at radius 1 is 0.808 bits per heavy atom. The number of aromatic nitrogens is 1. The number of carboxylic acids is 1. The molecule has 2 N–H and O–H groups in total. The van der Waals surface area contributed by atoms with Crippen molar-refractivity contribution in [3.05, 3.63) is 96.6 Å². The van der Waals surface area contributed by atoms with Gasteiger partial charge in [-0.25, -0.2) is 0 Å². The lowest BCUT2D eigenvalue weighted by atomic mass is 10.1. The molecule has 0 amide bonds. The number of nitrogens with one attached hydrogen (secondary N) is 1. The molecule has 1 heterocycles. The number of hydrogen-bond acceptors (Lipinski definition) is 1.